The summed E-state index contributed by atoms with van der Waals surface area (Å²) in [4.78, 5) is 0. The Morgan fingerprint density at radius 2 is 0.921 bits per heavy atom. The molecule has 9 aromatic rings. The van der Waals surface area contributed by atoms with Crippen molar-refractivity contribution in [3.05, 3.63) is 162 Å². The Labute approximate surface area is 374 Å². The summed E-state index contributed by atoms with van der Waals surface area (Å²) >= 11 is 0. The summed E-state index contributed by atoms with van der Waals surface area (Å²) in [5.74, 6) is 0. The van der Waals surface area contributed by atoms with E-state index in [1.165, 1.54) is 116 Å². The molecule has 0 unspecified atom stereocenters. The first kappa shape index (κ1) is 39.8. The zero-order valence-corrected chi connectivity index (χ0v) is 39.3. The lowest BCUT2D eigenvalue weighted by molar-refractivity contribution is 0.589. The maximum Gasteiger partial charge on any atom is 0.333 e. The largest absolute Gasteiger partial charge is 0.375 e. The lowest BCUT2D eigenvalue weighted by atomic mass is 9.45. The second kappa shape index (κ2) is 13.2. The number of hydrogen-bond acceptors (Lipinski definition) is 0. The van der Waals surface area contributed by atoms with Crippen molar-refractivity contribution in [3.63, 3.8) is 0 Å². The Morgan fingerprint density at radius 1 is 0.397 bits per heavy atom. The van der Waals surface area contributed by atoms with Crippen LogP contribution in [0.25, 0.3) is 83.0 Å². The van der Waals surface area contributed by atoms with Gasteiger partial charge in [-0.3, -0.25) is 0 Å². The summed E-state index contributed by atoms with van der Waals surface area (Å²) in [6.45, 7) is 28.3. The molecule has 0 fully saturated rings. The van der Waals surface area contributed by atoms with Crippen molar-refractivity contribution in [1.82, 2.24) is 9.05 Å². The topological polar surface area (TPSA) is 9.86 Å². The van der Waals surface area contributed by atoms with Crippen LogP contribution in [0.1, 0.15) is 105 Å². The number of benzene rings is 7. The van der Waals surface area contributed by atoms with Gasteiger partial charge in [0.05, 0.1) is 11.0 Å². The standard InChI is InChI=1S/C60H59BN2/c1-57(2,3)38-27-28-50-44(29-38)46-32-40(59(7,8)9)34-49-56(46)62(50)51-35-41(60(10,11)12)30-45-47-31-39(58(4,5)6)33-48-52(43-26-20-19-25-42(43)36-21-15-13-16-22-36)54(37-23-17-14-18-24-37)63(55(47)48)61(49)53(45)51/h13-35H,1-12H3. The predicted octanol–water partition coefficient (Wildman–Crippen LogP) is 14.9. The molecule has 63 heavy (non-hydrogen) atoms. The van der Waals surface area contributed by atoms with E-state index < -0.39 is 0 Å². The van der Waals surface area contributed by atoms with Crippen molar-refractivity contribution < 1.29 is 0 Å². The maximum absolute atomic E-state index is 2.80. The Morgan fingerprint density at radius 3 is 1.56 bits per heavy atom. The molecule has 312 valence electrons. The molecule has 2 aliphatic rings. The highest BCUT2D eigenvalue weighted by Crippen LogP contribution is 2.52. The van der Waals surface area contributed by atoms with E-state index in [1.54, 1.807) is 0 Å². The summed E-state index contributed by atoms with van der Waals surface area (Å²) < 4.78 is 5.46. The third-order valence-corrected chi connectivity index (χ3v) is 14.3. The van der Waals surface area contributed by atoms with Gasteiger partial charge in [0, 0.05) is 44.2 Å². The van der Waals surface area contributed by atoms with Gasteiger partial charge in [0.15, 0.2) is 0 Å². The molecule has 4 heterocycles. The van der Waals surface area contributed by atoms with E-state index in [1.807, 2.05) is 0 Å². The minimum absolute atomic E-state index is 0.0172. The third-order valence-electron chi connectivity index (χ3n) is 14.3. The molecule has 0 atom stereocenters. The second-order valence-corrected chi connectivity index (χ2v) is 22.7. The van der Waals surface area contributed by atoms with E-state index in [4.69, 9.17) is 0 Å². The highest BCUT2D eigenvalue weighted by atomic mass is 15.0. The Hall–Kier alpha value is -6.06. The first-order chi connectivity index (χ1) is 29.8. The van der Waals surface area contributed by atoms with Gasteiger partial charge in [-0.05, 0) is 119 Å². The summed E-state index contributed by atoms with van der Waals surface area (Å²) in [6, 6.07) is 54.0. The van der Waals surface area contributed by atoms with Gasteiger partial charge in [-0.1, -0.05) is 186 Å². The van der Waals surface area contributed by atoms with Gasteiger partial charge in [0.2, 0.25) is 0 Å². The van der Waals surface area contributed by atoms with Crippen LogP contribution in [-0.2, 0) is 21.7 Å². The van der Waals surface area contributed by atoms with E-state index in [2.05, 4.69) is 232 Å². The normalized spacial score (nSPS) is 13.7. The highest BCUT2D eigenvalue weighted by molar-refractivity contribution is 6.90. The van der Waals surface area contributed by atoms with Crippen molar-refractivity contribution in [1.29, 1.82) is 0 Å². The fourth-order valence-corrected chi connectivity index (χ4v) is 10.8. The summed E-state index contributed by atoms with van der Waals surface area (Å²) in [7, 11) is 0. The van der Waals surface area contributed by atoms with Crippen LogP contribution in [-0.4, -0.2) is 15.9 Å². The molecule has 7 aromatic carbocycles. The fraction of sp³-hybridized carbons (Fsp3) is 0.267. The van der Waals surface area contributed by atoms with Crippen LogP contribution in [0.3, 0.4) is 0 Å². The van der Waals surface area contributed by atoms with Crippen LogP contribution < -0.4 is 10.9 Å². The van der Waals surface area contributed by atoms with E-state index in [0.29, 0.717) is 0 Å². The smallest absolute Gasteiger partial charge is 0.333 e. The molecule has 2 aromatic heterocycles. The Kier molecular flexibility index (Phi) is 8.36. The van der Waals surface area contributed by atoms with Crippen LogP contribution in [0.2, 0.25) is 0 Å². The third kappa shape index (κ3) is 5.91. The second-order valence-electron chi connectivity index (χ2n) is 22.7. The van der Waals surface area contributed by atoms with E-state index in [9.17, 15) is 0 Å². The SMILES string of the molecule is CC(C)(C)c1cc2c3c(c1)-n1c4ccc(C(C)(C)C)cc4c4cc(C(C)(C)C)cc(c41)B3n1c(-c3ccccc3)c(-c3ccccc3-c3ccccc3)c3cc(C(C)(C)C)cc-2c31. The van der Waals surface area contributed by atoms with Gasteiger partial charge in [-0.15, -0.1) is 0 Å². The first-order valence-electron chi connectivity index (χ1n) is 23.1. The monoisotopic (exact) mass is 818 g/mol. The van der Waals surface area contributed by atoms with Crippen LogP contribution in [0.4, 0.5) is 0 Å². The van der Waals surface area contributed by atoms with E-state index in [-0.39, 0.29) is 28.5 Å². The molecule has 2 nitrogen and oxygen atoms in total. The maximum atomic E-state index is 2.80. The Bertz CT molecular complexity index is 3350. The molecule has 0 aliphatic carbocycles. The predicted molar refractivity (Wildman–Crippen MR) is 273 cm³/mol. The molecule has 2 aliphatic heterocycles. The van der Waals surface area contributed by atoms with Gasteiger partial charge >= 0.3 is 6.85 Å². The van der Waals surface area contributed by atoms with Crippen molar-refractivity contribution in [2.24, 2.45) is 0 Å². The van der Waals surface area contributed by atoms with E-state index >= 15 is 0 Å². The average molecular weight is 819 g/mol. The van der Waals surface area contributed by atoms with Gasteiger partial charge in [-0.25, -0.2) is 0 Å². The quantitative estimate of drug-likeness (QED) is 0.157. The zero-order valence-electron chi connectivity index (χ0n) is 39.3. The van der Waals surface area contributed by atoms with Gasteiger partial charge in [0.1, 0.15) is 0 Å². The number of aromatic nitrogens is 2. The minimum Gasteiger partial charge on any atom is -0.375 e. The van der Waals surface area contributed by atoms with Crippen molar-refractivity contribution >= 4 is 50.5 Å². The molecule has 0 amide bonds. The summed E-state index contributed by atoms with van der Waals surface area (Å²) in [5.41, 5.74) is 23.5. The number of fused-ring (bicyclic) bond motifs is 7. The van der Waals surface area contributed by atoms with Crippen LogP contribution in [0.15, 0.2) is 140 Å². The molecular formula is C60H59BN2. The van der Waals surface area contributed by atoms with Crippen molar-refractivity contribution in [2.75, 3.05) is 0 Å². The zero-order chi connectivity index (χ0) is 44.1. The van der Waals surface area contributed by atoms with E-state index in [0.717, 1.165) is 0 Å². The average Bonchev–Trinajstić information content (AvgIpc) is 3.76. The molecule has 0 N–H and O–H groups in total. The van der Waals surface area contributed by atoms with Gasteiger partial charge in [-0.2, -0.15) is 0 Å². The Balaban J connectivity index is 1.41. The molecule has 0 spiro atoms. The molecule has 0 bridgehead atoms. The van der Waals surface area contributed by atoms with Gasteiger partial charge in [0.25, 0.3) is 0 Å². The lowest BCUT2D eigenvalue weighted by Crippen LogP contribution is -2.56. The highest BCUT2D eigenvalue weighted by Gasteiger charge is 2.45. The fourth-order valence-electron chi connectivity index (χ4n) is 10.8. The molecule has 0 radical (unpaired) electrons. The van der Waals surface area contributed by atoms with Crippen molar-refractivity contribution in [3.8, 4) is 50.3 Å². The molecule has 3 heteroatoms. The molecule has 0 saturated heterocycles. The van der Waals surface area contributed by atoms with Crippen LogP contribution in [0, 0.1) is 0 Å². The number of nitrogens with zero attached hydrogens (tertiary/aromatic N) is 2. The lowest BCUT2D eigenvalue weighted by Gasteiger charge is -2.37. The molecule has 0 saturated carbocycles. The summed E-state index contributed by atoms with van der Waals surface area (Å²) in [5, 5.41) is 4.00. The van der Waals surface area contributed by atoms with Crippen molar-refractivity contribution in [2.45, 2.75) is 105 Å². The van der Waals surface area contributed by atoms with Crippen LogP contribution >= 0.6 is 0 Å². The molecule has 11 rings (SSSR count). The number of hydrogen-bond donors (Lipinski definition) is 0. The first-order valence-corrected chi connectivity index (χ1v) is 23.1. The minimum atomic E-state index is -0.0871. The number of rotatable bonds is 3. The van der Waals surface area contributed by atoms with Crippen LogP contribution in [0.5, 0.6) is 0 Å². The van der Waals surface area contributed by atoms with Gasteiger partial charge < -0.3 is 9.05 Å². The summed E-state index contributed by atoms with van der Waals surface area (Å²) in [6.07, 6.45) is 0. The molecular weight excluding hydrogens is 759 g/mol.